The lowest BCUT2D eigenvalue weighted by atomic mass is 9.76. The summed E-state index contributed by atoms with van der Waals surface area (Å²) in [7, 11) is 0. The number of phenols is 1. The van der Waals surface area contributed by atoms with Gasteiger partial charge in [0.15, 0.2) is 0 Å². The number of aromatic hydroxyl groups is 1. The summed E-state index contributed by atoms with van der Waals surface area (Å²) < 4.78 is 0. The van der Waals surface area contributed by atoms with Crippen LogP contribution >= 0.6 is 0 Å². The van der Waals surface area contributed by atoms with Gasteiger partial charge < -0.3 is 15.5 Å². The molecule has 140 valence electrons. The van der Waals surface area contributed by atoms with Gasteiger partial charge in [-0.2, -0.15) is 0 Å². The number of aliphatic carboxylic acids is 1. The van der Waals surface area contributed by atoms with Gasteiger partial charge in [-0.1, -0.05) is 36.4 Å². The number of fused-ring (bicyclic) bond motifs is 1. The molecule has 4 rings (SSSR count). The van der Waals surface area contributed by atoms with Crippen molar-refractivity contribution >= 4 is 11.9 Å². The van der Waals surface area contributed by atoms with E-state index in [2.05, 4.69) is 17.4 Å². The Balaban J connectivity index is 1.58. The standard InChI is InChI=1S/C22H23NO4/c24-15-8-6-14-7-9-20(23-21(25)18-12-19(18)22(26)27)17(16(14)11-15)10-13-4-2-1-3-5-13/h1-6,8,11,17-20,24H,7,9-10,12H2,(H,23,25)(H,26,27). The molecule has 3 N–H and O–H groups in total. The number of aryl methyl sites for hydroxylation is 1. The van der Waals surface area contributed by atoms with E-state index >= 15 is 0 Å². The molecule has 4 atom stereocenters. The zero-order chi connectivity index (χ0) is 19.0. The third kappa shape index (κ3) is 3.68. The van der Waals surface area contributed by atoms with Crippen molar-refractivity contribution in [2.45, 2.75) is 37.6 Å². The molecule has 0 aliphatic heterocycles. The van der Waals surface area contributed by atoms with E-state index in [9.17, 15) is 14.7 Å². The molecule has 4 unspecified atom stereocenters. The van der Waals surface area contributed by atoms with Gasteiger partial charge in [-0.05, 0) is 54.5 Å². The van der Waals surface area contributed by atoms with Gasteiger partial charge >= 0.3 is 5.97 Å². The highest BCUT2D eigenvalue weighted by Crippen LogP contribution is 2.40. The molecule has 0 heterocycles. The third-order valence-electron chi connectivity index (χ3n) is 5.81. The van der Waals surface area contributed by atoms with E-state index in [4.69, 9.17) is 5.11 Å². The Morgan fingerprint density at radius 1 is 1.07 bits per heavy atom. The Morgan fingerprint density at radius 3 is 2.56 bits per heavy atom. The SMILES string of the molecule is O=C(O)C1CC1C(=O)NC1CCc2ccc(O)cc2C1Cc1ccccc1. The summed E-state index contributed by atoms with van der Waals surface area (Å²) in [5.74, 6) is -1.73. The molecule has 2 aliphatic carbocycles. The molecule has 2 aromatic carbocycles. The summed E-state index contributed by atoms with van der Waals surface area (Å²) in [5.41, 5.74) is 3.45. The van der Waals surface area contributed by atoms with E-state index in [1.807, 2.05) is 24.3 Å². The van der Waals surface area contributed by atoms with Gasteiger partial charge in [0.2, 0.25) is 5.91 Å². The summed E-state index contributed by atoms with van der Waals surface area (Å²) in [4.78, 5) is 23.6. The van der Waals surface area contributed by atoms with Crippen LogP contribution in [0.25, 0.3) is 0 Å². The van der Waals surface area contributed by atoms with Crippen LogP contribution in [0.3, 0.4) is 0 Å². The number of benzene rings is 2. The van der Waals surface area contributed by atoms with Crippen molar-refractivity contribution in [2.24, 2.45) is 11.8 Å². The average Bonchev–Trinajstić information content (AvgIpc) is 3.46. The van der Waals surface area contributed by atoms with E-state index < -0.39 is 17.8 Å². The Hall–Kier alpha value is -2.82. The fourth-order valence-corrected chi connectivity index (χ4v) is 4.22. The van der Waals surface area contributed by atoms with Crippen LogP contribution in [-0.2, 0) is 22.4 Å². The largest absolute Gasteiger partial charge is 0.508 e. The van der Waals surface area contributed by atoms with Crippen LogP contribution in [0.15, 0.2) is 48.5 Å². The van der Waals surface area contributed by atoms with Gasteiger partial charge in [0, 0.05) is 12.0 Å². The number of nitrogens with one attached hydrogen (secondary N) is 1. The fourth-order valence-electron chi connectivity index (χ4n) is 4.22. The normalized spacial score (nSPS) is 26.1. The van der Waals surface area contributed by atoms with E-state index in [-0.39, 0.29) is 23.6 Å². The molecule has 0 bridgehead atoms. The topological polar surface area (TPSA) is 86.6 Å². The lowest BCUT2D eigenvalue weighted by molar-refractivity contribution is -0.140. The van der Waals surface area contributed by atoms with Crippen molar-refractivity contribution in [3.8, 4) is 5.75 Å². The van der Waals surface area contributed by atoms with Gasteiger partial charge in [-0.3, -0.25) is 9.59 Å². The molecule has 5 nitrogen and oxygen atoms in total. The van der Waals surface area contributed by atoms with Crippen molar-refractivity contribution in [2.75, 3.05) is 0 Å². The van der Waals surface area contributed by atoms with Crippen molar-refractivity contribution in [1.82, 2.24) is 5.32 Å². The first-order chi connectivity index (χ1) is 13.0. The minimum atomic E-state index is -0.894. The smallest absolute Gasteiger partial charge is 0.307 e. The molecule has 1 saturated carbocycles. The van der Waals surface area contributed by atoms with Crippen molar-refractivity contribution in [3.05, 3.63) is 65.2 Å². The van der Waals surface area contributed by atoms with Crippen LogP contribution in [0.2, 0.25) is 0 Å². The lowest BCUT2D eigenvalue weighted by Gasteiger charge is -2.34. The molecule has 0 aromatic heterocycles. The molecule has 5 heteroatoms. The monoisotopic (exact) mass is 365 g/mol. The highest BCUT2D eigenvalue weighted by Gasteiger charge is 2.49. The van der Waals surface area contributed by atoms with Gasteiger partial charge in [-0.15, -0.1) is 0 Å². The second-order valence-corrected chi connectivity index (χ2v) is 7.62. The second kappa shape index (κ2) is 7.06. The first-order valence-electron chi connectivity index (χ1n) is 9.42. The molecule has 0 spiro atoms. The van der Waals surface area contributed by atoms with Crippen LogP contribution in [0.5, 0.6) is 5.75 Å². The van der Waals surface area contributed by atoms with Crippen molar-refractivity contribution < 1.29 is 19.8 Å². The molecule has 1 amide bonds. The number of hydrogen-bond acceptors (Lipinski definition) is 3. The van der Waals surface area contributed by atoms with E-state index in [1.54, 1.807) is 12.1 Å². The Labute approximate surface area is 158 Å². The maximum Gasteiger partial charge on any atom is 0.307 e. The van der Waals surface area contributed by atoms with E-state index in [1.165, 1.54) is 11.1 Å². The molecular weight excluding hydrogens is 342 g/mol. The predicted octanol–water partition coefficient (Wildman–Crippen LogP) is 2.87. The molecule has 2 aliphatic rings. The lowest BCUT2D eigenvalue weighted by Crippen LogP contribution is -2.43. The summed E-state index contributed by atoms with van der Waals surface area (Å²) in [6.07, 6.45) is 2.83. The quantitative estimate of drug-likeness (QED) is 0.760. The summed E-state index contributed by atoms with van der Waals surface area (Å²) in [5, 5.41) is 22.2. The van der Waals surface area contributed by atoms with Gasteiger partial charge in [0.25, 0.3) is 0 Å². The Morgan fingerprint density at radius 2 is 1.85 bits per heavy atom. The van der Waals surface area contributed by atoms with Gasteiger partial charge in [-0.25, -0.2) is 0 Å². The number of rotatable bonds is 5. The summed E-state index contributed by atoms with van der Waals surface area (Å²) in [6.45, 7) is 0. The molecule has 2 aromatic rings. The van der Waals surface area contributed by atoms with E-state index in [0.29, 0.717) is 6.42 Å². The first-order valence-corrected chi connectivity index (χ1v) is 9.42. The van der Waals surface area contributed by atoms with Gasteiger partial charge in [0.05, 0.1) is 11.8 Å². The van der Waals surface area contributed by atoms with Crippen molar-refractivity contribution in [1.29, 1.82) is 0 Å². The number of carboxylic acid groups (broad SMARTS) is 1. The number of phenolic OH excluding ortho intramolecular Hbond substituents is 1. The molecule has 0 saturated heterocycles. The molecule has 1 fully saturated rings. The minimum Gasteiger partial charge on any atom is -0.508 e. The Bertz CT molecular complexity index is 864. The van der Waals surface area contributed by atoms with Crippen LogP contribution in [0.1, 0.15) is 35.4 Å². The molecular formula is C22H23NO4. The number of carbonyl (C=O) groups is 2. The van der Waals surface area contributed by atoms with E-state index in [0.717, 1.165) is 24.8 Å². The minimum absolute atomic E-state index is 0.0502. The number of carbonyl (C=O) groups excluding carboxylic acids is 1. The highest BCUT2D eigenvalue weighted by atomic mass is 16.4. The fraction of sp³-hybridized carbons (Fsp3) is 0.364. The van der Waals surface area contributed by atoms with Crippen LogP contribution in [0, 0.1) is 11.8 Å². The average molecular weight is 365 g/mol. The Kier molecular flexibility index (Phi) is 4.60. The zero-order valence-corrected chi connectivity index (χ0v) is 15.0. The number of hydrogen-bond donors (Lipinski definition) is 3. The third-order valence-corrected chi connectivity index (χ3v) is 5.81. The zero-order valence-electron chi connectivity index (χ0n) is 15.0. The highest BCUT2D eigenvalue weighted by molar-refractivity contribution is 5.89. The van der Waals surface area contributed by atoms with Gasteiger partial charge in [0.1, 0.15) is 5.75 Å². The predicted molar refractivity (Wildman–Crippen MR) is 100 cm³/mol. The van der Waals surface area contributed by atoms with Crippen LogP contribution in [0.4, 0.5) is 0 Å². The second-order valence-electron chi connectivity index (χ2n) is 7.62. The van der Waals surface area contributed by atoms with Crippen LogP contribution in [-0.4, -0.2) is 28.1 Å². The molecule has 0 radical (unpaired) electrons. The first kappa shape index (κ1) is 17.6. The maximum absolute atomic E-state index is 12.5. The summed E-state index contributed by atoms with van der Waals surface area (Å²) in [6, 6.07) is 15.5. The molecule has 27 heavy (non-hydrogen) atoms. The van der Waals surface area contributed by atoms with Crippen LogP contribution < -0.4 is 5.32 Å². The summed E-state index contributed by atoms with van der Waals surface area (Å²) >= 11 is 0. The van der Waals surface area contributed by atoms with Crippen molar-refractivity contribution in [3.63, 3.8) is 0 Å². The number of carboxylic acids is 1. The maximum atomic E-state index is 12.5. The number of amides is 1.